The van der Waals surface area contributed by atoms with Gasteiger partial charge in [0.25, 0.3) is 0 Å². The third kappa shape index (κ3) is 2.66. The standard InChI is InChI=1S/C18H22F2N2O/c1-17(2)13-8-9-18(17,3)15(10-13)22-21-11-12-6-4-5-7-14(12)23-16(19)20/h4-7,11,13,16H,8-10H2,1-3H3/b21-11+,22-15?. The SMILES string of the molecule is CC12CCC(CC1=N/N=C/c1ccccc1OC(F)F)C2(C)C. The van der Waals surface area contributed by atoms with Crippen LogP contribution in [0, 0.1) is 16.7 Å². The van der Waals surface area contributed by atoms with Crippen LogP contribution in [0.2, 0.25) is 0 Å². The van der Waals surface area contributed by atoms with Gasteiger partial charge in [-0.3, -0.25) is 0 Å². The zero-order valence-corrected chi connectivity index (χ0v) is 13.7. The molecule has 3 nitrogen and oxygen atoms in total. The molecule has 2 unspecified atom stereocenters. The summed E-state index contributed by atoms with van der Waals surface area (Å²) in [5.41, 5.74) is 1.97. The van der Waals surface area contributed by atoms with Gasteiger partial charge in [-0.1, -0.05) is 32.9 Å². The molecule has 0 heterocycles. The van der Waals surface area contributed by atoms with Gasteiger partial charge in [-0.25, -0.2) is 0 Å². The Morgan fingerprint density at radius 2 is 2.00 bits per heavy atom. The minimum absolute atomic E-state index is 0.0913. The van der Waals surface area contributed by atoms with Gasteiger partial charge >= 0.3 is 6.61 Å². The van der Waals surface area contributed by atoms with Crippen LogP contribution in [0.1, 0.15) is 45.6 Å². The number of rotatable bonds is 4. The molecule has 0 aliphatic heterocycles. The van der Waals surface area contributed by atoms with Crippen molar-refractivity contribution in [2.75, 3.05) is 0 Å². The number of para-hydroxylation sites is 1. The highest BCUT2D eigenvalue weighted by Gasteiger charge is 2.59. The van der Waals surface area contributed by atoms with E-state index in [1.807, 2.05) is 0 Å². The second-order valence-corrected chi connectivity index (χ2v) is 7.20. The van der Waals surface area contributed by atoms with E-state index >= 15 is 0 Å². The van der Waals surface area contributed by atoms with E-state index in [1.165, 1.54) is 18.7 Å². The van der Waals surface area contributed by atoms with Crippen LogP contribution < -0.4 is 4.74 Å². The summed E-state index contributed by atoms with van der Waals surface area (Å²) in [4.78, 5) is 0. The van der Waals surface area contributed by atoms with E-state index in [-0.39, 0.29) is 16.6 Å². The van der Waals surface area contributed by atoms with E-state index in [2.05, 4.69) is 35.7 Å². The Balaban J connectivity index is 1.80. The van der Waals surface area contributed by atoms with Gasteiger partial charge in [0, 0.05) is 16.7 Å². The Hall–Kier alpha value is -1.78. The lowest BCUT2D eigenvalue weighted by atomic mass is 9.70. The fourth-order valence-electron chi connectivity index (χ4n) is 4.03. The van der Waals surface area contributed by atoms with Gasteiger partial charge in [0.2, 0.25) is 0 Å². The van der Waals surface area contributed by atoms with Crippen molar-refractivity contribution in [3.05, 3.63) is 29.8 Å². The molecule has 2 aliphatic carbocycles. The summed E-state index contributed by atoms with van der Waals surface area (Å²) in [6.07, 6.45) is 4.87. The Labute approximate surface area is 135 Å². The summed E-state index contributed by atoms with van der Waals surface area (Å²) >= 11 is 0. The number of ether oxygens (including phenoxy) is 1. The van der Waals surface area contributed by atoms with Gasteiger partial charge in [-0.05, 0) is 42.7 Å². The molecule has 5 heteroatoms. The fourth-order valence-corrected chi connectivity index (χ4v) is 4.03. The summed E-state index contributed by atoms with van der Waals surface area (Å²) in [5, 5.41) is 8.59. The molecule has 2 aliphatic rings. The van der Waals surface area contributed by atoms with Crippen molar-refractivity contribution in [2.24, 2.45) is 27.0 Å². The summed E-state index contributed by atoms with van der Waals surface area (Å²) in [5.74, 6) is 0.779. The summed E-state index contributed by atoms with van der Waals surface area (Å²) in [6.45, 7) is 4.04. The molecular formula is C18H22F2N2O. The molecule has 124 valence electrons. The molecule has 0 saturated heterocycles. The molecule has 1 aromatic rings. The number of alkyl halides is 2. The minimum atomic E-state index is -2.85. The average molecular weight is 320 g/mol. The van der Waals surface area contributed by atoms with E-state index < -0.39 is 6.61 Å². The summed E-state index contributed by atoms with van der Waals surface area (Å²) < 4.78 is 29.3. The molecule has 0 aromatic heterocycles. The topological polar surface area (TPSA) is 34.0 Å². The first-order valence-electron chi connectivity index (χ1n) is 7.99. The van der Waals surface area contributed by atoms with E-state index in [4.69, 9.17) is 0 Å². The number of benzene rings is 1. The highest BCUT2D eigenvalue weighted by molar-refractivity contribution is 5.95. The maximum Gasteiger partial charge on any atom is 0.387 e. The molecule has 23 heavy (non-hydrogen) atoms. The van der Waals surface area contributed by atoms with Crippen molar-refractivity contribution < 1.29 is 13.5 Å². The van der Waals surface area contributed by atoms with Crippen LogP contribution in [0.4, 0.5) is 8.78 Å². The predicted molar refractivity (Wildman–Crippen MR) is 87.3 cm³/mol. The molecule has 0 amide bonds. The van der Waals surface area contributed by atoms with Gasteiger partial charge in [-0.15, -0.1) is 0 Å². The predicted octanol–water partition coefficient (Wildman–Crippen LogP) is 4.91. The van der Waals surface area contributed by atoms with Crippen molar-refractivity contribution in [3.63, 3.8) is 0 Å². The second-order valence-electron chi connectivity index (χ2n) is 7.20. The van der Waals surface area contributed by atoms with E-state index in [1.54, 1.807) is 18.2 Å². The van der Waals surface area contributed by atoms with E-state index in [0.29, 0.717) is 11.5 Å². The Morgan fingerprint density at radius 3 is 2.61 bits per heavy atom. The van der Waals surface area contributed by atoms with Crippen molar-refractivity contribution in [2.45, 2.75) is 46.6 Å². The molecule has 0 spiro atoms. The van der Waals surface area contributed by atoms with Crippen LogP contribution in [0.15, 0.2) is 34.5 Å². The molecule has 0 radical (unpaired) electrons. The van der Waals surface area contributed by atoms with Crippen LogP contribution in [0.5, 0.6) is 5.75 Å². The third-order valence-electron chi connectivity index (χ3n) is 6.02. The first-order chi connectivity index (χ1) is 10.8. The molecule has 2 atom stereocenters. The third-order valence-corrected chi connectivity index (χ3v) is 6.02. The van der Waals surface area contributed by atoms with E-state index in [9.17, 15) is 8.78 Å². The lowest BCUT2D eigenvalue weighted by molar-refractivity contribution is -0.0499. The highest BCUT2D eigenvalue weighted by Crippen LogP contribution is 2.63. The maximum atomic E-state index is 12.4. The molecule has 2 bridgehead atoms. The molecular weight excluding hydrogens is 298 g/mol. The molecule has 3 rings (SSSR count). The van der Waals surface area contributed by atoms with Crippen molar-refractivity contribution in [3.8, 4) is 5.75 Å². The summed E-state index contributed by atoms with van der Waals surface area (Å²) in [6, 6.07) is 6.60. The van der Waals surface area contributed by atoms with Crippen molar-refractivity contribution in [1.82, 2.24) is 0 Å². The van der Waals surface area contributed by atoms with Gasteiger partial charge < -0.3 is 4.74 Å². The van der Waals surface area contributed by atoms with Crippen LogP contribution in [0.3, 0.4) is 0 Å². The largest absolute Gasteiger partial charge is 0.434 e. The lowest BCUT2D eigenvalue weighted by Gasteiger charge is -2.34. The molecule has 2 saturated carbocycles. The quantitative estimate of drug-likeness (QED) is 0.573. The highest BCUT2D eigenvalue weighted by atomic mass is 19.3. The smallest absolute Gasteiger partial charge is 0.387 e. The Morgan fingerprint density at radius 1 is 1.26 bits per heavy atom. The van der Waals surface area contributed by atoms with Crippen LogP contribution in [-0.2, 0) is 0 Å². The van der Waals surface area contributed by atoms with Crippen LogP contribution >= 0.6 is 0 Å². The normalized spacial score (nSPS) is 30.7. The van der Waals surface area contributed by atoms with Crippen LogP contribution in [0.25, 0.3) is 0 Å². The zero-order valence-electron chi connectivity index (χ0n) is 13.7. The number of fused-ring (bicyclic) bond motifs is 2. The number of hydrogen-bond donors (Lipinski definition) is 0. The Kier molecular flexibility index (Phi) is 3.98. The summed E-state index contributed by atoms with van der Waals surface area (Å²) in [7, 11) is 0. The Bertz CT molecular complexity index is 654. The van der Waals surface area contributed by atoms with Gasteiger partial charge in [0.1, 0.15) is 5.75 Å². The van der Waals surface area contributed by atoms with Crippen LogP contribution in [-0.4, -0.2) is 18.5 Å². The number of nitrogens with zero attached hydrogens (tertiary/aromatic N) is 2. The lowest BCUT2D eigenvalue weighted by Crippen LogP contribution is -2.32. The fraction of sp³-hybridized carbons (Fsp3) is 0.556. The minimum Gasteiger partial charge on any atom is -0.434 e. The van der Waals surface area contributed by atoms with Crippen molar-refractivity contribution in [1.29, 1.82) is 0 Å². The molecule has 2 fully saturated rings. The van der Waals surface area contributed by atoms with Gasteiger partial charge in [0.15, 0.2) is 0 Å². The maximum absolute atomic E-state index is 12.4. The second kappa shape index (κ2) is 5.69. The van der Waals surface area contributed by atoms with Crippen molar-refractivity contribution >= 4 is 11.9 Å². The zero-order chi connectivity index (χ0) is 16.7. The monoisotopic (exact) mass is 320 g/mol. The van der Waals surface area contributed by atoms with Gasteiger partial charge in [-0.2, -0.15) is 19.0 Å². The number of halogens is 2. The first kappa shape index (κ1) is 16.1. The van der Waals surface area contributed by atoms with Gasteiger partial charge in [0.05, 0.1) is 6.21 Å². The molecule has 0 N–H and O–H groups in total. The van der Waals surface area contributed by atoms with E-state index in [0.717, 1.165) is 18.6 Å². The number of hydrogen-bond acceptors (Lipinski definition) is 3. The first-order valence-corrected chi connectivity index (χ1v) is 7.99. The average Bonchev–Trinajstić information content (AvgIpc) is 2.82. The molecule has 1 aromatic carbocycles.